The van der Waals surface area contributed by atoms with E-state index in [0.29, 0.717) is 0 Å². The molecular weight excluding hydrogens is 470 g/mol. The smallest absolute Gasteiger partial charge is 0.295 e. The van der Waals surface area contributed by atoms with Gasteiger partial charge >= 0.3 is 0 Å². The molecule has 1 amide bonds. The number of hydrogen-bond donors (Lipinski definition) is 1. The van der Waals surface area contributed by atoms with Gasteiger partial charge in [0.15, 0.2) is 11.5 Å². The summed E-state index contributed by atoms with van der Waals surface area (Å²) >= 11 is 0. The number of benzene rings is 1. The number of nitrogens with one attached hydrogen (secondary N) is 1. The Morgan fingerprint density at radius 3 is 2.65 bits per heavy atom. The molecule has 1 fully saturated rings. The number of Topliss-reactive ketones (excluding diaryl/α,β-unsaturated/α-hetero) is 1. The molecule has 4 aromatic rings. The Kier molecular flexibility index (Phi) is 3.14. The van der Waals surface area contributed by atoms with Gasteiger partial charge in [-0.3, -0.25) is 9.59 Å². The van der Waals surface area contributed by atoms with Crippen molar-refractivity contribution in [2.24, 2.45) is 0 Å². The predicted molar refractivity (Wildman–Crippen MR) is 137 cm³/mol. The number of pyridine rings is 1. The fraction of sp³-hybridized carbons (Fsp3) is 0.259. The molecule has 3 aromatic heterocycles. The molecule has 0 aliphatic carbocycles. The van der Waals surface area contributed by atoms with Gasteiger partial charge in [-0.05, 0) is 32.1 Å². The van der Waals surface area contributed by atoms with Crippen LogP contribution in [0.4, 0.5) is 0 Å². The fourth-order valence-corrected chi connectivity index (χ4v) is 3.43. The van der Waals surface area contributed by atoms with Gasteiger partial charge in [0.25, 0.3) is 11.7 Å². The third kappa shape index (κ3) is 4.36. The first-order valence-corrected chi connectivity index (χ1v) is 10.4. The zero-order valence-electron chi connectivity index (χ0n) is 34.1. The number of carbonyl (C=O) groups excluding carboxylic acids is 2. The summed E-state index contributed by atoms with van der Waals surface area (Å²) in [6.07, 6.45) is -4.70. The van der Waals surface area contributed by atoms with E-state index in [1.807, 2.05) is 0 Å². The summed E-state index contributed by atoms with van der Waals surface area (Å²) in [5.74, 6) is -4.61. The highest BCUT2D eigenvalue weighted by atomic mass is 16.5. The lowest BCUT2D eigenvalue weighted by atomic mass is 9.97. The van der Waals surface area contributed by atoms with Crippen LogP contribution in [0.2, 0.25) is 0 Å². The van der Waals surface area contributed by atoms with E-state index in [4.69, 9.17) is 31.9 Å². The Hall–Kier alpha value is -4.78. The maximum Gasteiger partial charge on any atom is 0.295 e. The first-order chi connectivity index (χ1) is 23.8. The number of likely N-dealkylation sites (tertiary alicyclic amines) is 1. The highest BCUT2D eigenvalue weighted by Gasteiger charge is 2.30. The second-order valence-electron chi connectivity index (χ2n) is 7.39. The summed E-state index contributed by atoms with van der Waals surface area (Å²) < 4.78 is 132. The van der Waals surface area contributed by atoms with Crippen molar-refractivity contribution < 1.29 is 34.9 Å². The molecule has 10 nitrogen and oxygen atoms in total. The summed E-state index contributed by atoms with van der Waals surface area (Å²) in [5.41, 5.74) is -4.58. The number of ether oxygens (including phenoxy) is 1. The van der Waals surface area contributed by atoms with E-state index in [1.165, 1.54) is 14.0 Å². The van der Waals surface area contributed by atoms with Gasteiger partial charge in [-0.25, -0.2) is 19.5 Å². The SMILES string of the molecule is [2H]c1c([2H])c(C([N+]#[C-])=C2C([2H])([2H])C([2H])([2H])N(C(=O)C(=O)c3c[nH]c4c(-n5cnc(C([2H])([2H])[2H])n5)ncc(OC)c34)C([2H])([2H])C2([2H])[2H])c([2H])c([2H])c1C. The second-order valence-corrected chi connectivity index (χ2v) is 7.39. The lowest BCUT2D eigenvalue weighted by Gasteiger charge is -2.28. The Morgan fingerprint density at radius 2 is 2.00 bits per heavy atom. The van der Waals surface area contributed by atoms with Crippen LogP contribution < -0.4 is 4.74 Å². The number of aromatic amines is 1. The van der Waals surface area contributed by atoms with E-state index in [9.17, 15) is 9.59 Å². The van der Waals surface area contributed by atoms with Gasteiger partial charge in [0, 0.05) is 34.3 Å². The third-order valence-corrected chi connectivity index (χ3v) is 5.15. The Bertz CT molecular complexity index is 2210. The lowest BCUT2D eigenvalue weighted by Crippen LogP contribution is -2.40. The van der Waals surface area contributed by atoms with Gasteiger partial charge in [-0.1, -0.05) is 35.3 Å². The zero-order valence-corrected chi connectivity index (χ0v) is 19.1. The predicted octanol–water partition coefficient (Wildman–Crippen LogP) is 3.90. The van der Waals surface area contributed by atoms with Crippen LogP contribution in [0.3, 0.4) is 0 Å². The quantitative estimate of drug-likeness (QED) is 0.248. The Labute approximate surface area is 234 Å². The van der Waals surface area contributed by atoms with Crippen molar-refractivity contribution >= 4 is 28.3 Å². The highest BCUT2D eigenvalue weighted by molar-refractivity contribution is 6.45. The minimum atomic E-state index is -3.96. The number of ketones is 1. The number of rotatable bonds is 5. The van der Waals surface area contributed by atoms with Crippen LogP contribution in [0.25, 0.3) is 27.3 Å². The van der Waals surface area contributed by atoms with Gasteiger partial charge in [0.1, 0.15) is 17.9 Å². The molecule has 1 aliphatic rings. The van der Waals surface area contributed by atoms with Gasteiger partial charge in [0.2, 0.25) is 0 Å². The summed E-state index contributed by atoms with van der Waals surface area (Å²) in [4.78, 5) is 40.9. The van der Waals surface area contributed by atoms with E-state index in [-0.39, 0.29) is 28.0 Å². The maximum atomic E-state index is 14.0. The van der Waals surface area contributed by atoms with Crippen molar-refractivity contribution in [2.75, 3.05) is 20.1 Å². The molecule has 0 spiro atoms. The lowest BCUT2D eigenvalue weighted by molar-refractivity contribution is -0.126. The van der Waals surface area contributed by atoms with Crippen molar-refractivity contribution in [3.8, 4) is 11.6 Å². The largest absolute Gasteiger partial charge is 0.494 e. The Morgan fingerprint density at radius 1 is 1.24 bits per heavy atom. The molecular formula is C27H25N7O3. The molecule has 0 radical (unpaired) electrons. The monoisotopic (exact) mass is 510 g/mol. The van der Waals surface area contributed by atoms with Gasteiger partial charge in [-0.15, -0.1) is 0 Å². The van der Waals surface area contributed by atoms with E-state index < -0.39 is 102 Å². The number of fused-ring (bicyclic) bond motifs is 1. The van der Waals surface area contributed by atoms with E-state index in [2.05, 4.69) is 24.9 Å². The number of aromatic nitrogens is 5. The number of carbonyl (C=O) groups is 2. The number of H-pyrrole nitrogens is 1. The van der Waals surface area contributed by atoms with Crippen molar-refractivity contribution in [2.45, 2.75) is 26.5 Å². The molecule has 0 atom stereocenters. The molecule has 10 heteroatoms. The van der Waals surface area contributed by atoms with Crippen molar-refractivity contribution in [3.05, 3.63) is 82.4 Å². The summed E-state index contributed by atoms with van der Waals surface area (Å²) in [7, 11) is 1.17. The van der Waals surface area contributed by atoms with E-state index in [1.54, 1.807) is 0 Å². The minimum Gasteiger partial charge on any atom is -0.494 e. The molecule has 0 saturated carbocycles. The number of aryl methyl sites for hydroxylation is 1. The van der Waals surface area contributed by atoms with Gasteiger partial charge in [0.05, 0.1) is 41.8 Å². The number of amides is 1. The number of methoxy groups -OCH3 is 1. The molecule has 4 heterocycles. The minimum absolute atomic E-state index is 0.0854. The van der Waals surface area contributed by atoms with Crippen LogP contribution in [0.1, 0.15) is 60.6 Å². The molecule has 0 bridgehead atoms. The molecule has 1 saturated heterocycles. The molecule has 0 unspecified atom stereocenters. The van der Waals surface area contributed by atoms with Crippen LogP contribution in [0, 0.1) is 20.3 Å². The van der Waals surface area contributed by atoms with Crippen LogP contribution in [-0.4, -0.2) is 61.4 Å². The van der Waals surface area contributed by atoms with Crippen molar-refractivity contribution in [3.63, 3.8) is 0 Å². The number of piperidine rings is 1. The topological polar surface area (TPSA) is 110 Å². The van der Waals surface area contributed by atoms with E-state index in [0.717, 1.165) is 23.4 Å². The van der Waals surface area contributed by atoms with Crippen molar-refractivity contribution in [1.29, 1.82) is 0 Å². The number of hydrogen-bond acceptors (Lipinski definition) is 6. The van der Waals surface area contributed by atoms with Crippen LogP contribution >= 0.6 is 0 Å². The average molecular weight is 511 g/mol. The third-order valence-electron chi connectivity index (χ3n) is 5.15. The summed E-state index contributed by atoms with van der Waals surface area (Å²) in [5, 5.41) is 3.66. The van der Waals surface area contributed by atoms with Crippen LogP contribution in [0.15, 0.2) is 48.5 Å². The number of nitrogens with zero attached hydrogens (tertiary/aromatic N) is 6. The Balaban J connectivity index is 1.70. The highest BCUT2D eigenvalue weighted by Crippen LogP contribution is 2.33. The van der Waals surface area contributed by atoms with Gasteiger partial charge < -0.3 is 14.6 Å². The normalized spacial score (nSPS) is 25.2. The average Bonchev–Trinajstić information content (AvgIpc) is 3.73. The van der Waals surface area contributed by atoms with Crippen LogP contribution in [0.5, 0.6) is 5.75 Å². The summed E-state index contributed by atoms with van der Waals surface area (Å²) in [6.45, 7) is -1.62. The summed E-state index contributed by atoms with van der Waals surface area (Å²) in [6, 6.07) is -3.14. The molecule has 1 N–H and O–H groups in total. The maximum absolute atomic E-state index is 14.0. The standard InChI is InChI=1S/C27H25N7O3/c1-16-5-7-18(8-6-16)23(28-3)19-9-11-33(12-10-19)27(36)25(35)20-13-29-24-22(20)21(37-4)14-30-26(24)34-15-31-17(2)32-34/h5-8,13-15,29H,9-12H2,1-2,4H3/i2D3,5D,6D,7D,8D,9D2,10D2,11D2,12D2. The first kappa shape index (κ1) is 12.0. The first-order valence-electron chi connectivity index (χ1n) is 17.9. The molecule has 1 aromatic carbocycles. The molecule has 37 heavy (non-hydrogen) atoms. The molecule has 186 valence electrons. The van der Waals surface area contributed by atoms with Crippen LogP contribution in [-0.2, 0) is 4.79 Å². The van der Waals surface area contributed by atoms with E-state index >= 15 is 0 Å². The van der Waals surface area contributed by atoms with Crippen molar-refractivity contribution in [1.82, 2.24) is 29.6 Å². The zero-order chi connectivity index (χ0) is 39.3. The second kappa shape index (κ2) is 9.70. The fourth-order valence-electron chi connectivity index (χ4n) is 3.43. The molecule has 1 aliphatic heterocycles. The molecule has 5 rings (SSSR count). The van der Waals surface area contributed by atoms with Gasteiger partial charge in [-0.2, -0.15) is 5.10 Å².